The van der Waals surface area contributed by atoms with Gasteiger partial charge in [-0.15, -0.1) is 0 Å². The average Bonchev–Trinajstić information content (AvgIpc) is 3.24. The van der Waals surface area contributed by atoms with E-state index in [-0.39, 0.29) is 17.6 Å². The summed E-state index contributed by atoms with van der Waals surface area (Å²) in [5.74, 6) is 0.791. The normalized spacial score (nSPS) is 18.7. The monoisotopic (exact) mass is 517 g/mol. The number of methoxy groups -OCH3 is 2. The highest BCUT2D eigenvalue weighted by atomic mass is 19.1. The molecule has 0 N–H and O–H groups in total. The fourth-order valence-corrected chi connectivity index (χ4v) is 5.23. The molecule has 1 aliphatic heterocycles. The van der Waals surface area contributed by atoms with Gasteiger partial charge in [0.2, 0.25) is 0 Å². The van der Waals surface area contributed by atoms with Crippen molar-refractivity contribution in [3.63, 3.8) is 0 Å². The summed E-state index contributed by atoms with van der Waals surface area (Å²) in [5.41, 5.74) is 2.37. The van der Waals surface area contributed by atoms with Crippen LogP contribution in [0.15, 0.2) is 77.9 Å². The number of unbranched alkanes of at least 4 members (excludes halogenated alkanes) is 1. The van der Waals surface area contributed by atoms with Gasteiger partial charge in [-0.25, -0.2) is 9.40 Å². The predicted octanol–water partition coefficient (Wildman–Crippen LogP) is 6.29. The fraction of sp³-hybridized carbons (Fsp3) is 0.355. The molecular formula is C31H36FN3O3. The molecule has 6 nitrogen and oxygen atoms in total. The summed E-state index contributed by atoms with van der Waals surface area (Å²) in [6.07, 6.45) is 2.70. The van der Waals surface area contributed by atoms with Gasteiger partial charge >= 0.3 is 0 Å². The van der Waals surface area contributed by atoms with Crippen LogP contribution in [0.25, 0.3) is 0 Å². The lowest BCUT2D eigenvalue weighted by Crippen LogP contribution is -2.58. The van der Waals surface area contributed by atoms with Crippen molar-refractivity contribution >= 4 is 17.3 Å². The molecule has 0 aliphatic carbocycles. The molecule has 0 aromatic heterocycles. The molecule has 0 saturated heterocycles. The van der Waals surface area contributed by atoms with E-state index in [1.54, 1.807) is 31.3 Å². The quantitative estimate of drug-likeness (QED) is 0.317. The number of anilines is 1. The Morgan fingerprint density at radius 2 is 1.66 bits per heavy atom. The number of para-hydroxylation sites is 1. The number of likely N-dealkylation sites (N-methyl/N-ethyl adjacent to an activating group) is 1. The van der Waals surface area contributed by atoms with E-state index in [0.29, 0.717) is 18.0 Å². The molecule has 2 atom stereocenters. The number of hydrazone groups is 1. The van der Waals surface area contributed by atoms with E-state index in [0.717, 1.165) is 41.8 Å². The minimum absolute atomic E-state index is 0.0508. The Labute approximate surface area is 224 Å². The lowest BCUT2D eigenvalue weighted by atomic mass is 9.76. The van der Waals surface area contributed by atoms with Gasteiger partial charge in [-0.1, -0.05) is 50.1 Å². The maximum absolute atomic E-state index is 14.5. The molecule has 200 valence electrons. The molecule has 1 heterocycles. The van der Waals surface area contributed by atoms with Crippen LogP contribution in [0.1, 0.15) is 44.2 Å². The van der Waals surface area contributed by atoms with E-state index in [2.05, 4.69) is 6.92 Å². The molecule has 0 saturated carbocycles. The Kier molecular flexibility index (Phi) is 8.35. The van der Waals surface area contributed by atoms with Crippen LogP contribution in [0.4, 0.5) is 10.1 Å². The van der Waals surface area contributed by atoms with Crippen molar-refractivity contribution in [2.24, 2.45) is 11.0 Å². The number of carbonyl (C=O) groups is 1. The third kappa shape index (κ3) is 5.37. The first-order valence-corrected chi connectivity index (χ1v) is 13.0. The lowest BCUT2D eigenvalue weighted by Gasteiger charge is -2.40. The van der Waals surface area contributed by atoms with Crippen molar-refractivity contribution in [1.29, 1.82) is 0 Å². The summed E-state index contributed by atoms with van der Waals surface area (Å²) in [5, 5.41) is 6.91. The number of halogens is 1. The van der Waals surface area contributed by atoms with Gasteiger partial charge in [0.1, 0.15) is 22.9 Å². The van der Waals surface area contributed by atoms with Gasteiger partial charge in [-0.05, 0) is 60.9 Å². The molecule has 1 amide bonds. The first-order valence-electron chi connectivity index (χ1n) is 13.0. The van der Waals surface area contributed by atoms with Crippen LogP contribution in [0.5, 0.6) is 11.5 Å². The van der Waals surface area contributed by atoms with Crippen molar-refractivity contribution in [3.8, 4) is 11.5 Å². The van der Waals surface area contributed by atoms with Gasteiger partial charge in [-0.3, -0.25) is 4.79 Å². The third-order valence-electron chi connectivity index (χ3n) is 7.25. The molecule has 0 fully saturated rings. The van der Waals surface area contributed by atoms with Crippen molar-refractivity contribution in [2.75, 3.05) is 26.3 Å². The lowest BCUT2D eigenvalue weighted by molar-refractivity contribution is -0.136. The molecule has 3 aromatic rings. The number of nitrogens with zero attached hydrogens (tertiary/aromatic N) is 3. The van der Waals surface area contributed by atoms with Crippen LogP contribution in [0, 0.1) is 11.7 Å². The zero-order chi connectivity index (χ0) is 27.3. The molecule has 3 aromatic carbocycles. The smallest absolute Gasteiger partial charge is 0.251 e. The van der Waals surface area contributed by atoms with Crippen molar-refractivity contribution < 1.29 is 18.7 Å². The molecular weight excluding hydrogens is 481 g/mol. The second kappa shape index (κ2) is 11.7. The summed E-state index contributed by atoms with van der Waals surface area (Å²) >= 11 is 0. The van der Waals surface area contributed by atoms with Gasteiger partial charge in [0.15, 0.2) is 0 Å². The Morgan fingerprint density at radius 1 is 1.03 bits per heavy atom. The highest BCUT2D eigenvalue weighted by molar-refractivity contribution is 6.10. The molecule has 0 spiro atoms. The van der Waals surface area contributed by atoms with Gasteiger partial charge in [0, 0.05) is 25.6 Å². The van der Waals surface area contributed by atoms with Crippen LogP contribution >= 0.6 is 0 Å². The standard InChI is InChI=1S/C31H36FN3O3/c1-6-7-13-28-29(23-14-16-24(32)17-15-23)33-35(25-11-9-8-10-12-25)31(28,2)30(36)34(3)21-22-18-26(37-4)20-27(19-22)38-5/h8-12,14-20,28H,6-7,13,21H2,1-5H3. The summed E-state index contributed by atoms with van der Waals surface area (Å²) in [7, 11) is 5.03. The van der Waals surface area contributed by atoms with E-state index in [1.165, 1.54) is 12.1 Å². The Morgan fingerprint density at radius 3 is 2.24 bits per heavy atom. The third-order valence-corrected chi connectivity index (χ3v) is 7.25. The van der Waals surface area contributed by atoms with Gasteiger partial charge in [0.05, 0.1) is 25.6 Å². The second-order valence-electron chi connectivity index (χ2n) is 9.86. The second-order valence-corrected chi connectivity index (χ2v) is 9.86. The molecule has 0 radical (unpaired) electrons. The summed E-state index contributed by atoms with van der Waals surface area (Å²) < 4.78 is 24.6. The number of benzene rings is 3. The van der Waals surface area contributed by atoms with Crippen molar-refractivity contribution in [1.82, 2.24) is 4.90 Å². The highest BCUT2D eigenvalue weighted by Gasteiger charge is 2.54. The molecule has 7 heteroatoms. The van der Waals surface area contributed by atoms with Crippen molar-refractivity contribution in [3.05, 3.63) is 89.7 Å². The summed E-state index contributed by atoms with van der Waals surface area (Å²) in [6.45, 7) is 4.49. The molecule has 2 unspecified atom stereocenters. The van der Waals surface area contributed by atoms with E-state index < -0.39 is 5.54 Å². The number of carbonyl (C=O) groups excluding carboxylic acids is 1. The fourth-order valence-electron chi connectivity index (χ4n) is 5.23. The van der Waals surface area contributed by atoms with Crippen LogP contribution < -0.4 is 14.5 Å². The molecule has 1 aliphatic rings. The van der Waals surface area contributed by atoms with E-state index in [4.69, 9.17) is 14.6 Å². The Bertz CT molecular complexity index is 1260. The van der Waals surface area contributed by atoms with Crippen LogP contribution in [0.2, 0.25) is 0 Å². The molecule has 38 heavy (non-hydrogen) atoms. The Balaban J connectivity index is 1.76. The zero-order valence-electron chi connectivity index (χ0n) is 22.8. The number of hydrogen-bond donors (Lipinski definition) is 0. The predicted molar refractivity (Wildman–Crippen MR) is 149 cm³/mol. The number of hydrogen-bond acceptors (Lipinski definition) is 5. The number of amides is 1. The number of ether oxygens (including phenoxy) is 2. The summed E-state index contributed by atoms with van der Waals surface area (Å²) in [6, 6.07) is 21.8. The first kappa shape index (κ1) is 27.2. The van der Waals surface area contributed by atoms with Crippen molar-refractivity contribution in [2.45, 2.75) is 45.2 Å². The van der Waals surface area contributed by atoms with E-state index in [1.807, 2.05) is 67.5 Å². The zero-order valence-corrected chi connectivity index (χ0v) is 22.8. The van der Waals surface area contributed by atoms with E-state index in [9.17, 15) is 9.18 Å². The topological polar surface area (TPSA) is 54.4 Å². The highest BCUT2D eigenvalue weighted by Crippen LogP contribution is 2.42. The maximum Gasteiger partial charge on any atom is 0.251 e. The molecule has 4 rings (SSSR count). The van der Waals surface area contributed by atoms with Gasteiger partial charge in [-0.2, -0.15) is 5.10 Å². The van der Waals surface area contributed by atoms with Gasteiger partial charge < -0.3 is 14.4 Å². The first-order chi connectivity index (χ1) is 18.3. The average molecular weight is 518 g/mol. The minimum Gasteiger partial charge on any atom is -0.497 e. The number of rotatable bonds is 10. The van der Waals surface area contributed by atoms with Crippen LogP contribution in [0.3, 0.4) is 0 Å². The largest absolute Gasteiger partial charge is 0.497 e. The molecule has 0 bridgehead atoms. The summed E-state index contributed by atoms with van der Waals surface area (Å²) in [4.78, 5) is 16.2. The van der Waals surface area contributed by atoms with Gasteiger partial charge in [0.25, 0.3) is 5.91 Å². The van der Waals surface area contributed by atoms with E-state index >= 15 is 0 Å². The Hall–Kier alpha value is -3.87. The van der Waals surface area contributed by atoms with Crippen LogP contribution in [-0.4, -0.2) is 43.3 Å². The SMILES string of the molecule is CCCCC1C(c2ccc(F)cc2)=NN(c2ccccc2)C1(C)C(=O)N(C)Cc1cc(OC)cc(OC)c1. The maximum atomic E-state index is 14.5. The minimum atomic E-state index is -0.988. The van der Waals surface area contributed by atoms with Crippen LogP contribution in [-0.2, 0) is 11.3 Å².